The molecule has 5 rings (SSSR count). The van der Waals surface area contributed by atoms with Crippen LogP contribution < -0.4 is 15.5 Å². The van der Waals surface area contributed by atoms with E-state index in [9.17, 15) is 5.11 Å². The summed E-state index contributed by atoms with van der Waals surface area (Å²) in [5.41, 5.74) is 1.53. The zero-order valence-electron chi connectivity index (χ0n) is 20.7. The van der Waals surface area contributed by atoms with Crippen molar-refractivity contribution in [2.45, 2.75) is 102 Å². The van der Waals surface area contributed by atoms with Gasteiger partial charge in [0.1, 0.15) is 0 Å². The maximum Gasteiger partial charge on any atom is 0.297 e. The molecule has 0 spiro atoms. The summed E-state index contributed by atoms with van der Waals surface area (Å²) < 4.78 is 6.08. The van der Waals surface area contributed by atoms with Crippen molar-refractivity contribution in [2.24, 2.45) is 11.8 Å². The highest BCUT2D eigenvalue weighted by molar-refractivity contribution is 5.30. The molecule has 0 amide bonds. The summed E-state index contributed by atoms with van der Waals surface area (Å²) in [5, 5.41) is 18.1. The van der Waals surface area contributed by atoms with Crippen LogP contribution in [0.25, 0.3) is 0 Å². The van der Waals surface area contributed by atoms with E-state index in [1.54, 1.807) is 6.20 Å². The van der Waals surface area contributed by atoms with Crippen LogP contribution in [0.15, 0.2) is 22.4 Å². The number of anilines is 1. The van der Waals surface area contributed by atoms with E-state index in [-0.39, 0.29) is 6.04 Å². The molecule has 4 heterocycles. The third kappa shape index (κ3) is 5.10. The number of hydrogen-bond acceptors (Lipinski definition) is 7. The summed E-state index contributed by atoms with van der Waals surface area (Å²) in [6, 6.07) is 2.67. The van der Waals surface area contributed by atoms with Crippen LogP contribution in [0.5, 0.6) is 0 Å². The number of likely N-dealkylation sites (N-methyl/N-ethyl adjacent to an activating group) is 1. The standard InChI is InChI=1S/C26H43N5O2/c1-17(2)8-9-19(12-18-13-27-23-7-5-4-6-22(18)23)29-25(32)24-14-28-26(33-24)31-15-20-10-11-21(16-31)30(20)3/h13-14,17,19-23,25,27,29,32H,4-12,15-16H2,1-3H3. The quantitative estimate of drug-likeness (QED) is 0.487. The molecule has 2 bridgehead atoms. The topological polar surface area (TPSA) is 76.8 Å². The zero-order valence-corrected chi connectivity index (χ0v) is 20.7. The average Bonchev–Trinajstić information content (AvgIpc) is 3.49. The maximum absolute atomic E-state index is 11.0. The normalized spacial score (nSPS) is 31.4. The first-order chi connectivity index (χ1) is 16.0. The Kier molecular flexibility index (Phi) is 7.00. The summed E-state index contributed by atoms with van der Waals surface area (Å²) in [6.45, 7) is 6.45. The fraction of sp³-hybridized carbons (Fsp3) is 0.808. The molecule has 3 N–H and O–H groups in total. The van der Waals surface area contributed by atoms with E-state index in [2.05, 4.69) is 52.5 Å². The Morgan fingerprint density at radius 3 is 2.67 bits per heavy atom. The number of nitrogens with one attached hydrogen (secondary N) is 2. The highest BCUT2D eigenvalue weighted by Gasteiger charge is 2.39. The van der Waals surface area contributed by atoms with E-state index < -0.39 is 6.23 Å². The Balaban J connectivity index is 1.22. The molecule has 7 heteroatoms. The van der Waals surface area contributed by atoms with Crippen molar-refractivity contribution in [3.63, 3.8) is 0 Å². The molecule has 3 fully saturated rings. The fourth-order valence-electron chi connectivity index (χ4n) is 6.49. The van der Waals surface area contributed by atoms with Gasteiger partial charge in [-0.2, -0.15) is 0 Å². The van der Waals surface area contributed by atoms with Crippen LogP contribution in [0, 0.1) is 11.8 Å². The number of aliphatic hydroxyl groups excluding tert-OH is 1. The largest absolute Gasteiger partial charge is 0.424 e. The number of piperazine rings is 1. The van der Waals surface area contributed by atoms with Gasteiger partial charge in [-0.15, -0.1) is 0 Å². The summed E-state index contributed by atoms with van der Waals surface area (Å²) >= 11 is 0. The second-order valence-electron chi connectivity index (χ2n) is 11.3. The van der Waals surface area contributed by atoms with Gasteiger partial charge in [0.2, 0.25) is 0 Å². The van der Waals surface area contributed by atoms with E-state index in [0.29, 0.717) is 41.7 Å². The van der Waals surface area contributed by atoms with Gasteiger partial charge in [0.05, 0.1) is 6.20 Å². The number of aliphatic hydroxyl groups is 1. The molecule has 0 radical (unpaired) electrons. The zero-order chi connectivity index (χ0) is 22.9. The minimum absolute atomic E-state index is 0.226. The summed E-state index contributed by atoms with van der Waals surface area (Å²) in [4.78, 5) is 9.30. The van der Waals surface area contributed by atoms with Crippen LogP contribution in [0.1, 0.15) is 83.6 Å². The second-order valence-corrected chi connectivity index (χ2v) is 11.3. The highest BCUT2D eigenvalue weighted by Crippen LogP contribution is 2.37. The van der Waals surface area contributed by atoms with Gasteiger partial charge in [-0.1, -0.05) is 26.7 Å². The molecule has 2 saturated heterocycles. The van der Waals surface area contributed by atoms with Crippen molar-refractivity contribution < 1.29 is 9.52 Å². The molecule has 1 aromatic rings. The molecule has 7 nitrogen and oxygen atoms in total. The van der Waals surface area contributed by atoms with E-state index >= 15 is 0 Å². The number of rotatable bonds is 9. The van der Waals surface area contributed by atoms with Gasteiger partial charge in [-0.25, -0.2) is 4.98 Å². The van der Waals surface area contributed by atoms with Crippen molar-refractivity contribution in [3.05, 3.63) is 23.7 Å². The van der Waals surface area contributed by atoms with E-state index in [0.717, 1.165) is 32.4 Å². The summed E-state index contributed by atoms with van der Waals surface area (Å²) in [7, 11) is 2.23. The minimum Gasteiger partial charge on any atom is -0.424 e. The number of oxazole rings is 1. The Morgan fingerprint density at radius 1 is 1.15 bits per heavy atom. The van der Waals surface area contributed by atoms with Crippen LogP contribution in [0.4, 0.5) is 6.01 Å². The van der Waals surface area contributed by atoms with E-state index in [4.69, 9.17) is 4.42 Å². The van der Waals surface area contributed by atoms with Crippen LogP contribution in [-0.4, -0.2) is 59.3 Å². The van der Waals surface area contributed by atoms with Crippen LogP contribution in [-0.2, 0) is 0 Å². The highest BCUT2D eigenvalue weighted by atomic mass is 16.4. The van der Waals surface area contributed by atoms with Crippen molar-refractivity contribution in [1.82, 2.24) is 20.5 Å². The predicted octanol–water partition coefficient (Wildman–Crippen LogP) is 3.78. The van der Waals surface area contributed by atoms with Gasteiger partial charge < -0.3 is 19.7 Å². The van der Waals surface area contributed by atoms with E-state index in [1.807, 2.05) is 0 Å². The first kappa shape index (κ1) is 23.2. The SMILES string of the molecule is CC(C)CCC(CC1=CNC2CCCCC12)NC(O)c1cnc(N2CC3CCC(C2)N3C)o1. The lowest BCUT2D eigenvalue weighted by molar-refractivity contribution is 0.0959. The van der Waals surface area contributed by atoms with Gasteiger partial charge in [0.25, 0.3) is 6.01 Å². The van der Waals surface area contributed by atoms with Gasteiger partial charge in [-0.3, -0.25) is 10.2 Å². The van der Waals surface area contributed by atoms with Gasteiger partial charge in [0.15, 0.2) is 12.0 Å². The Hall–Kier alpha value is -1.57. The second kappa shape index (κ2) is 9.96. The van der Waals surface area contributed by atoms with Crippen molar-refractivity contribution >= 4 is 6.01 Å². The Labute approximate surface area is 199 Å². The molecule has 184 valence electrons. The van der Waals surface area contributed by atoms with Gasteiger partial charge >= 0.3 is 0 Å². The third-order valence-electron chi connectivity index (χ3n) is 8.59. The van der Waals surface area contributed by atoms with Crippen molar-refractivity contribution in [1.29, 1.82) is 0 Å². The molecule has 4 aliphatic rings. The van der Waals surface area contributed by atoms with Crippen molar-refractivity contribution in [2.75, 3.05) is 25.0 Å². The average molecular weight is 458 g/mol. The smallest absolute Gasteiger partial charge is 0.297 e. The van der Waals surface area contributed by atoms with E-state index in [1.165, 1.54) is 44.1 Å². The van der Waals surface area contributed by atoms with Gasteiger partial charge in [-0.05, 0) is 69.7 Å². The first-order valence-corrected chi connectivity index (χ1v) is 13.3. The molecule has 33 heavy (non-hydrogen) atoms. The lowest BCUT2D eigenvalue weighted by Gasteiger charge is -2.38. The molecule has 1 saturated carbocycles. The van der Waals surface area contributed by atoms with Gasteiger partial charge in [0, 0.05) is 43.2 Å². The number of hydrogen-bond donors (Lipinski definition) is 3. The predicted molar refractivity (Wildman–Crippen MR) is 131 cm³/mol. The fourth-order valence-corrected chi connectivity index (χ4v) is 6.49. The molecular formula is C26H43N5O2. The molecule has 1 aliphatic carbocycles. The van der Waals surface area contributed by atoms with Crippen molar-refractivity contribution in [3.8, 4) is 0 Å². The summed E-state index contributed by atoms with van der Waals surface area (Å²) in [6.07, 6.45) is 14.1. The third-order valence-corrected chi connectivity index (χ3v) is 8.59. The Bertz CT molecular complexity index is 809. The molecule has 3 aliphatic heterocycles. The lowest BCUT2D eigenvalue weighted by atomic mass is 9.80. The monoisotopic (exact) mass is 457 g/mol. The maximum atomic E-state index is 11.0. The molecular weight excluding hydrogens is 414 g/mol. The van der Waals surface area contributed by atoms with Crippen LogP contribution in [0.3, 0.4) is 0 Å². The molecule has 6 atom stereocenters. The van der Waals surface area contributed by atoms with Crippen LogP contribution >= 0.6 is 0 Å². The Morgan fingerprint density at radius 2 is 1.91 bits per heavy atom. The first-order valence-electron chi connectivity index (χ1n) is 13.3. The number of nitrogens with zero attached hydrogens (tertiary/aromatic N) is 3. The lowest BCUT2D eigenvalue weighted by Crippen LogP contribution is -2.52. The molecule has 0 aromatic carbocycles. The number of fused-ring (bicyclic) bond motifs is 3. The molecule has 1 aromatic heterocycles. The summed E-state index contributed by atoms with van der Waals surface area (Å²) in [5.74, 6) is 1.85. The number of aromatic nitrogens is 1. The minimum atomic E-state index is -0.829. The molecule has 6 unspecified atom stereocenters. The van der Waals surface area contributed by atoms with Crippen LogP contribution in [0.2, 0.25) is 0 Å².